The molecule has 1 fully saturated rings. The Morgan fingerprint density at radius 2 is 2.00 bits per heavy atom. The maximum atomic E-state index is 7.43. The summed E-state index contributed by atoms with van der Waals surface area (Å²) in [6.45, 7) is 8.11. The molecule has 0 aromatic rings. The van der Waals surface area contributed by atoms with Crippen LogP contribution in [-0.4, -0.2) is 43.5 Å². The minimum absolute atomic E-state index is 0.720. The molecule has 1 aliphatic heterocycles. The highest BCUT2D eigenvalue weighted by Crippen LogP contribution is 2.22. The Balaban J connectivity index is 0.000000385. The number of rotatable bonds is 3. The maximum absolute atomic E-state index is 7.43. The fourth-order valence-corrected chi connectivity index (χ4v) is 2.04. The summed E-state index contributed by atoms with van der Waals surface area (Å²) in [5, 5.41) is 14.9. The van der Waals surface area contributed by atoms with E-state index in [0.717, 1.165) is 12.8 Å². The zero-order valence-electron chi connectivity index (χ0n) is 10.3. The van der Waals surface area contributed by atoms with Gasteiger partial charge in [0.1, 0.15) is 0 Å². The third-order valence-corrected chi connectivity index (χ3v) is 3.04. The van der Waals surface area contributed by atoms with Crippen LogP contribution in [0.25, 0.3) is 5.41 Å². The van der Waals surface area contributed by atoms with Gasteiger partial charge >= 0.3 is 0 Å². The van der Waals surface area contributed by atoms with E-state index in [0.29, 0.717) is 0 Å². The van der Waals surface area contributed by atoms with Crippen molar-refractivity contribution in [2.24, 2.45) is 4.99 Å². The van der Waals surface area contributed by atoms with E-state index in [4.69, 9.17) is 15.4 Å². The van der Waals surface area contributed by atoms with Crippen molar-refractivity contribution >= 4 is 6.01 Å². The predicted molar refractivity (Wildman–Crippen MR) is 62.6 cm³/mol. The lowest BCUT2D eigenvalue weighted by Crippen LogP contribution is -2.51. The highest BCUT2D eigenvalue weighted by atomic mass is 16.5. The molecule has 0 amide bonds. The molecule has 5 nitrogen and oxygen atoms in total. The first-order valence-electron chi connectivity index (χ1n) is 5.45. The first-order valence-corrected chi connectivity index (χ1v) is 5.45. The quantitative estimate of drug-likeness (QED) is 0.417. The van der Waals surface area contributed by atoms with Crippen LogP contribution in [0.5, 0.6) is 0 Å². The third-order valence-electron chi connectivity index (χ3n) is 3.04. The van der Waals surface area contributed by atoms with Crippen LogP contribution in [0, 0.1) is 11.5 Å². The van der Waals surface area contributed by atoms with Gasteiger partial charge in [-0.2, -0.15) is 5.26 Å². The third kappa shape index (κ3) is 4.54. The number of nitrogens with zero attached hydrogens (tertiary/aromatic N) is 4. The molecule has 5 heteroatoms. The Bertz CT molecular complexity index is 270. The summed E-state index contributed by atoms with van der Waals surface area (Å²) in [6.07, 6.45) is 4.03. The van der Waals surface area contributed by atoms with Crippen LogP contribution in [0.4, 0.5) is 0 Å². The van der Waals surface area contributed by atoms with Crippen molar-refractivity contribution in [2.45, 2.75) is 32.7 Å². The van der Waals surface area contributed by atoms with Gasteiger partial charge in [-0.1, -0.05) is 0 Å². The van der Waals surface area contributed by atoms with Crippen molar-refractivity contribution in [1.29, 1.82) is 5.26 Å². The summed E-state index contributed by atoms with van der Waals surface area (Å²) in [7, 11) is 1.81. The van der Waals surface area contributed by atoms with Gasteiger partial charge in [0, 0.05) is 20.0 Å². The number of ether oxygens (including phenoxy) is 1. The minimum atomic E-state index is 0.720. The Kier molecular flexibility index (Phi) is 7.40. The van der Waals surface area contributed by atoms with Gasteiger partial charge in [0.15, 0.2) is 6.73 Å². The molecule has 0 aromatic heterocycles. The van der Waals surface area contributed by atoms with Crippen LogP contribution < -0.4 is 0 Å². The van der Waals surface area contributed by atoms with Crippen molar-refractivity contribution in [1.82, 2.24) is 0 Å². The molecule has 1 aliphatic rings. The normalized spacial score (nSPS) is 16.9. The fraction of sp³-hybridized carbons (Fsp3) is 0.818. The zero-order valence-corrected chi connectivity index (χ0v) is 10.3. The van der Waals surface area contributed by atoms with Crippen molar-refractivity contribution < 1.29 is 9.22 Å². The van der Waals surface area contributed by atoms with E-state index in [1.807, 2.05) is 0 Å². The van der Waals surface area contributed by atoms with Crippen LogP contribution >= 0.6 is 0 Å². The van der Waals surface area contributed by atoms with E-state index < -0.39 is 0 Å². The predicted octanol–water partition coefficient (Wildman–Crippen LogP) is 1.82. The number of hydrogen-bond donors (Lipinski definition) is 0. The van der Waals surface area contributed by atoms with E-state index >= 15 is 0 Å². The first kappa shape index (κ1) is 14.8. The van der Waals surface area contributed by atoms with Gasteiger partial charge in [-0.05, 0) is 13.8 Å². The molecule has 0 spiro atoms. The van der Waals surface area contributed by atoms with E-state index in [1.165, 1.54) is 42.6 Å². The molecule has 16 heavy (non-hydrogen) atoms. The fourth-order valence-electron chi connectivity index (χ4n) is 2.04. The molecule has 1 saturated heterocycles. The number of quaternary nitrogens is 1. The van der Waals surface area contributed by atoms with Gasteiger partial charge in [0.05, 0.1) is 25.3 Å². The summed E-state index contributed by atoms with van der Waals surface area (Å²) in [6, 6.07) is 2.00. The number of nitriles is 1. The van der Waals surface area contributed by atoms with Crippen LogP contribution in [0.2, 0.25) is 0 Å². The van der Waals surface area contributed by atoms with Gasteiger partial charge in [-0.3, -0.25) is 4.48 Å². The lowest BCUT2D eigenvalue weighted by Gasteiger charge is -2.37. The molecule has 0 aliphatic carbocycles. The lowest BCUT2D eigenvalue weighted by atomic mass is 10.3. The van der Waals surface area contributed by atoms with E-state index in [-0.39, 0.29) is 0 Å². The molecule has 0 bridgehead atoms. The Hall–Kier alpha value is -1.21. The number of methoxy groups -OCH3 is 1. The van der Waals surface area contributed by atoms with Crippen molar-refractivity contribution in [2.75, 3.05) is 26.9 Å². The SMILES string of the molecule is COC[N+]1(C(C)C)CCCC1.N#CN=C=[N-]. The smallest absolute Gasteiger partial charge is 0.182 e. The first-order chi connectivity index (χ1) is 7.63. The Labute approximate surface area is 97.4 Å². The molecule has 1 rings (SSSR count). The Morgan fingerprint density at radius 1 is 1.44 bits per heavy atom. The standard InChI is InChI=1S/C9H20NO.C2N3/c1-9(2)10(8-11-3)6-4-5-7-10;3-1-5-2-4/h9H,4-8H2,1-3H3;/q+1;-1. The molecular weight excluding hydrogens is 204 g/mol. The summed E-state index contributed by atoms with van der Waals surface area (Å²) in [5.74, 6) is 0. The summed E-state index contributed by atoms with van der Waals surface area (Å²) < 4.78 is 6.44. The van der Waals surface area contributed by atoms with E-state index in [1.54, 1.807) is 7.11 Å². The molecule has 90 valence electrons. The molecule has 0 aromatic carbocycles. The van der Waals surface area contributed by atoms with E-state index in [2.05, 4.69) is 18.8 Å². The van der Waals surface area contributed by atoms with Gasteiger partial charge in [0.25, 0.3) is 0 Å². The second kappa shape index (κ2) is 8.00. The average molecular weight is 224 g/mol. The van der Waals surface area contributed by atoms with Crippen LogP contribution in [0.1, 0.15) is 26.7 Å². The molecule has 0 unspecified atom stereocenters. The molecule has 0 N–H and O–H groups in total. The largest absolute Gasteiger partial charge is 0.422 e. The summed E-state index contributed by atoms with van der Waals surface area (Å²) in [4.78, 5) is 2.58. The van der Waals surface area contributed by atoms with Gasteiger partial charge in [-0.15, -0.1) is 6.01 Å². The molecule has 0 radical (unpaired) electrons. The highest BCUT2D eigenvalue weighted by molar-refractivity contribution is 5.46. The lowest BCUT2D eigenvalue weighted by molar-refractivity contribution is -0.953. The van der Waals surface area contributed by atoms with Crippen molar-refractivity contribution in [3.8, 4) is 6.19 Å². The summed E-state index contributed by atoms with van der Waals surface area (Å²) in [5.41, 5.74) is 0. The molecule has 0 saturated carbocycles. The minimum Gasteiger partial charge on any atom is -0.422 e. The average Bonchev–Trinajstić information content (AvgIpc) is 2.70. The topological polar surface area (TPSA) is 67.7 Å². The van der Waals surface area contributed by atoms with Gasteiger partial charge in [-0.25, -0.2) is 0 Å². The monoisotopic (exact) mass is 224 g/mol. The van der Waals surface area contributed by atoms with Crippen LogP contribution in [0.3, 0.4) is 0 Å². The van der Waals surface area contributed by atoms with Crippen molar-refractivity contribution in [3.05, 3.63) is 5.41 Å². The van der Waals surface area contributed by atoms with E-state index in [9.17, 15) is 0 Å². The zero-order chi connectivity index (χ0) is 12.4. The molecule has 0 atom stereocenters. The maximum Gasteiger partial charge on any atom is 0.182 e. The van der Waals surface area contributed by atoms with Gasteiger partial charge in [0.2, 0.25) is 0 Å². The summed E-state index contributed by atoms with van der Waals surface area (Å²) >= 11 is 0. The number of hydrogen-bond acceptors (Lipinski definition) is 3. The van der Waals surface area contributed by atoms with Crippen LogP contribution in [0.15, 0.2) is 4.99 Å². The molecule has 1 heterocycles. The van der Waals surface area contributed by atoms with Crippen molar-refractivity contribution in [3.63, 3.8) is 0 Å². The Morgan fingerprint density at radius 3 is 2.25 bits per heavy atom. The number of likely N-dealkylation sites (tertiary alicyclic amines) is 1. The highest BCUT2D eigenvalue weighted by Gasteiger charge is 2.34. The molecular formula is C11H20N4O. The van der Waals surface area contributed by atoms with Gasteiger partial charge < -0.3 is 15.1 Å². The van der Waals surface area contributed by atoms with Crippen LogP contribution in [-0.2, 0) is 4.74 Å². The second-order valence-corrected chi connectivity index (χ2v) is 4.20. The second-order valence-electron chi connectivity index (χ2n) is 4.20. The number of aliphatic imine (C=N–C) groups is 1.